The first-order valence-electron chi connectivity index (χ1n) is 9.12. The Balaban J connectivity index is 1.62. The zero-order valence-electron chi connectivity index (χ0n) is 15.3. The average molecular weight is 382 g/mol. The summed E-state index contributed by atoms with van der Waals surface area (Å²) in [5.74, 6) is -2.05. The summed E-state index contributed by atoms with van der Waals surface area (Å²) in [5.41, 5.74) is 1.39. The van der Waals surface area contributed by atoms with Crippen LogP contribution in [0.15, 0.2) is 54.6 Å². The van der Waals surface area contributed by atoms with Crippen LogP contribution in [0.1, 0.15) is 33.6 Å². The number of anilines is 1. The summed E-state index contributed by atoms with van der Waals surface area (Å²) in [6.45, 7) is 0.939. The van der Waals surface area contributed by atoms with Crippen LogP contribution >= 0.6 is 0 Å². The maximum atomic E-state index is 12.5. The van der Waals surface area contributed by atoms with Crippen molar-refractivity contribution in [1.29, 1.82) is 0 Å². The van der Waals surface area contributed by atoms with Gasteiger partial charge in [0.05, 0.1) is 6.61 Å². The SMILES string of the molecule is O=C(Nc1ccc(C(=O)NC(C(=O)O)C2CCCOC2)cc1)c1ccccc1. The quantitative estimate of drug-likeness (QED) is 0.712. The summed E-state index contributed by atoms with van der Waals surface area (Å²) in [6, 6.07) is 14.1. The first-order chi connectivity index (χ1) is 13.5. The number of hydrogen-bond donors (Lipinski definition) is 3. The standard InChI is InChI=1S/C21H22N2O5/c24-19(14-5-2-1-3-6-14)22-17-10-8-15(9-11-17)20(25)23-18(21(26)27)16-7-4-12-28-13-16/h1-3,5-6,8-11,16,18H,4,7,12-13H2,(H,22,24)(H,23,25)(H,26,27). The van der Waals surface area contributed by atoms with Crippen molar-refractivity contribution >= 4 is 23.5 Å². The summed E-state index contributed by atoms with van der Waals surface area (Å²) in [4.78, 5) is 36.2. The van der Waals surface area contributed by atoms with E-state index >= 15 is 0 Å². The van der Waals surface area contributed by atoms with E-state index in [0.717, 1.165) is 6.42 Å². The third-order valence-electron chi connectivity index (χ3n) is 4.66. The van der Waals surface area contributed by atoms with Crippen LogP contribution in [0, 0.1) is 5.92 Å². The third kappa shape index (κ3) is 4.95. The molecular formula is C21H22N2O5. The smallest absolute Gasteiger partial charge is 0.326 e. The lowest BCUT2D eigenvalue weighted by Gasteiger charge is -2.28. The zero-order chi connectivity index (χ0) is 19.9. The van der Waals surface area contributed by atoms with Gasteiger partial charge in [0.2, 0.25) is 0 Å². The van der Waals surface area contributed by atoms with Crippen molar-refractivity contribution in [1.82, 2.24) is 5.32 Å². The molecule has 7 nitrogen and oxygen atoms in total. The Morgan fingerprint density at radius 1 is 0.964 bits per heavy atom. The molecule has 3 N–H and O–H groups in total. The molecule has 0 saturated carbocycles. The Morgan fingerprint density at radius 2 is 1.64 bits per heavy atom. The lowest BCUT2D eigenvalue weighted by atomic mass is 9.93. The van der Waals surface area contributed by atoms with Crippen LogP contribution in [0.3, 0.4) is 0 Å². The second-order valence-corrected chi connectivity index (χ2v) is 6.66. The number of carbonyl (C=O) groups excluding carboxylic acids is 2. The zero-order valence-corrected chi connectivity index (χ0v) is 15.3. The molecule has 7 heteroatoms. The predicted octanol–water partition coefficient (Wildman–Crippen LogP) is 2.55. The molecule has 2 aromatic rings. The second-order valence-electron chi connectivity index (χ2n) is 6.66. The van der Waals surface area contributed by atoms with Gasteiger partial charge in [-0.3, -0.25) is 9.59 Å². The van der Waals surface area contributed by atoms with E-state index in [4.69, 9.17) is 4.74 Å². The molecule has 0 radical (unpaired) electrons. The molecule has 28 heavy (non-hydrogen) atoms. The first kappa shape index (κ1) is 19.6. The number of carboxylic acid groups (broad SMARTS) is 1. The molecule has 0 bridgehead atoms. The lowest BCUT2D eigenvalue weighted by molar-refractivity contribution is -0.142. The Labute approximate surface area is 162 Å². The Kier molecular flexibility index (Phi) is 6.39. The molecule has 2 unspecified atom stereocenters. The summed E-state index contributed by atoms with van der Waals surface area (Å²) in [5, 5.41) is 14.8. The molecule has 0 spiro atoms. The summed E-state index contributed by atoms with van der Waals surface area (Å²) in [7, 11) is 0. The van der Waals surface area contributed by atoms with Crippen molar-refractivity contribution in [2.75, 3.05) is 18.5 Å². The molecular weight excluding hydrogens is 360 g/mol. The van der Waals surface area contributed by atoms with E-state index < -0.39 is 17.9 Å². The van der Waals surface area contributed by atoms with Gasteiger partial charge in [0, 0.05) is 29.3 Å². The fraction of sp³-hybridized carbons (Fsp3) is 0.286. The van der Waals surface area contributed by atoms with Crippen LogP contribution in [-0.2, 0) is 9.53 Å². The van der Waals surface area contributed by atoms with E-state index in [-0.39, 0.29) is 11.8 Å². The van der Waals surface area contributed by atoms with Crippen molar-refractivity contribution < 1.29 is 24.2 Å². The van der Waals surface area contributed by atoms with Crippen molar-refractivity contribution in [3.63, 3.8) is 0 Å². The van der Waals surface area contributed by atoms with E-state index in [1.165, 1.54) is 0 Å². The van der Waals surface area contributed by atoms with Gasteiger partial charge < -0.3 is 20.5 Å². The maximum Gasteiger partial charge on any atom is 0.326 e. The van der Waals surface area contributed by atoms with Gasteiger partial charge in [0.1, 0.15) is 6.04 Å². The third-order valence-corrected chi connectivity index (χ3v) is 4.66. The van der Waals surface area contributed by atoms with Gasteiger partial charge in [-0.15, -0.1) is 0 Å². The van der Waals surface area contributed by atoms with Gasteiger partial charge >= 0.3 is 5.97 Å². The molecule has 0 aromatic heterocycles. The van der Waals surface area contributed by atoms with Crippen molar-refractivity contribution in [3.05, 3.63) is 65.7 Å². The second kappa shape index (κ2) is 9.14. The number of carbonyl (C=O) groups is 3. The summed E-state index contributed by atoms with van der Waals surface area (Å²) in [6.07, 6.45) is 1.47. The highest BCUT2D eigenvalue weighted by Crippen LogP contribution is 2.19. The Morgan fingerprint density at radius 3 is 2.25 bits per heavy atom. The fourth-order valence-corrected chi connectivity index (χ4v) is 3.13. The van der Waals surface area contributed by atoms with Crippen LogP contribution in [0.2, 0.25) is 0 Å². The minimum Gasteiger partial charge on any atom is -0.480 e. The number of rotatable bonds is 6. The number of amides is 2. The molecule has 0 aliphatic carbocycles. The summed E-state index contributed by atoms with van der Waals surface area (Å²) >= 11 is 0. The topological polar surface area (TPSA) is 105 Å². The van der Waals surface area contributed by atoms with E-state index in [1.54, 1.807) is 48.5 Å². The van der Waals surface area contributed by atoms with Gasteiger partial charge in [0.25, 0.3) is 11.8 Å². The van der Waals surface area contributed by atoms with E-state index in [0.29, 0.717) is 36.4 Å². The van der Waals surface area contributed by atoms with Crippen molar-refractivity contribution in [3.8, 4) is 0 Å². The molecule has 1 heterocycles. The molecule has 146 valence electrons. The Hall–Kier alpha value is -3.19. The number of carboxylic acids is 1. The number of ether oxygens (including phenoxy) is 1. The summed E-state index contributed by atoms with van der Waals surface area (Å²) < 4.78 is 5.33. The molecule has 1 aliphatic heterocycles. The van der Waals surface area contributed by atoms with Gasteiger partial charge in [-0.1, -0.05) is 18.2 Å². The molecule has 2 amide bonds. The maximum absolute atomic E-state index is 12.5. The highest BCUT2D eigenvalue weighted by atomic mass is 16.5. The molecule has 1 aliphatic rings. The van der Waals surface area contributed by atoms with Gasteiger partial charge in [0.15, 0.2) is 0 Å². The van der Waals surface area contributed by atoms with Crippen LogP contribution in [0.25, 0.3) is 0 Å². The highest BCUT2D eigenvalue weighted by molar-refractivity contribution is 6.04. The fourth-order valence-electron chi connectivity index (χ4n) is 3.13. The molecule has 3 rings (SSSR count). The minimum atomic E-state index is -1.07. The average Bonchev–Trinajstić information content (AvgIpc) is 2.73. The van der Waals surface area contributed by atoms with Gasteiger partial charge in [-0.2, -0.15) is 0 Å². The lowest BCUT2D eigenvalue weighted by Crippen LogP contribution is -2.48. The van der Waals surface area contributed by atoms with E-state index in [1.807, 2.05) is 6.07 Å². The van der Waals surface area contributed by atoms with E-state index in [2.05, 4.69) is 10.6 Å². The number of nitrogens with one attached hydrogen (secondary N) is 2. The Bertz CT molecular complexity index is 830. The van der Waals surface area contributed by atoms with Gasteiger partial charge in [-0.25, -0.2) is 4.79 Å². The molecule has 2 atom stereocenters. The van der Waals surface area contributed by atoms with E-state index in [9.17, 15) is 19.5 Å². The minimum absolute atomic E-state index is 0.249. The van der Waals surface area contributed by atoms with Crippen LogP contribution in [0.5, 0.6) is 0 Å². The monoisotopic (exact) mass is 382 g/mol. The molecule has 1 saturated heterocycles. The predicted molar refractivity (Wildman–Crippen MR) is 103 cm³/mol. The molecule has 2 aromatic carbocycles. The van der Waals surface area contributed by atoms with Crippen LogP contribution in [-0.4, -0.2) is 42.1 Å². The number of benzene rings is 2. The highest BCUT2D eigenvalue weighted by Gasteiger charge is 2.31. The first-order valence-corrected chi connectivity index (χ1v) is 9.12. The van der Waals surface area contributed by atoms with Gasteiger partial charge in [-0.05, 0) is 49.2 Å². The number of aliphatic carboxylic acids is 1. The van der Waals surface area contributed by atoms with Crippen LogP contribution in [0.4, 0.5) is 5.69 Å². The van der Waals surface area contributed by atoms with Crippen molar-refractivity contribution in [2.24, 2.45) is 5.92 Å². The van der Waals surface area contributed by atoms with Crippen LogP contribution < -0.4 is 10.6 Å². The van der Waals surface area contributed by atoms with Crippen molar-refractivity contribution in [2.45, 2.75) is 18.9 Å². The largest absolute Gasteiger partial charge is 0.480 e. The molecule has 1 fully saturated rings. The number of hydrogen-bond acceptors (Lipinski definition) is 4. The normalized spacial score (nSPS) is 17.4.